The third-order valence-electron chi connectivity index (χ3n) is 2.71. The van der Waals surface area contributed by atoms with Crippen molar-refractivity contribution in [1.82, 2.24) is 0 Å². The van der Waals surface area contributed by atoms with Crippen LogP contribution in [0.5, 0.6) is 5.75 Å². The highest BCUT2D eigenvalue weighted by Gasteiger charge is 2.27. The largest absolute Gasteiger partial charge is 0.488 e. The average Bonchev–Trinajstić information content (AvgIpc) is 2.14. The van der Waals surface area contributed by atoms with Gasteiger partial charge >= 0.3 is 0 Å². The summed E-state index contributed by atoms with van der Waals surface area (Å²) in [5, 5.41) is 0. The normalized spacial score (nSPS) is 18.7. The first-order chi connectivity index (χ1) is 7.28. The molecule has 1 heterocycles. The number of rotatable bonds is 1. The van der Waals surface area contributed by atoms with E-state index in [1.165, 1.54) is 12.1 Å². The van der Waals surface area contributed by atoms with Crippen LogP contribution in [0.1, 0.15) is 25.8 Å². The van der Waals surface area contributed by atoms with Crippen LogP contribution in [0.4, 0.5) is 0 Å². The molecule has 1 aromatic carbocycles. The van der Waals surface area contributed by atoms with E-state index in [0.29, 0.717) is 5.75 Å². The van der Waals surface area contributed by atoms with Crippen LogP contribution in [0.15, 0.2) is 23.1 Å². The van der Waals surface area contributed by atoms with E-state index in [4.69, 9.17) is 9.29 Å². The van der Waals surface area contributed by atoms with Crippen molar-refractivity contribution in [3.8, 4) is 5.75 Å². The van der Waals surface area contributed by atoms with Crippen LogP contribution in [0.3, 0.4) is 0 Å². The SMILES string of the molecule is CC1(C)CCc2cc(S(=O)(=O)O)ccc2O1. The van der Waals surface area contributed by atoms with E-state index in [1.807, 2.05) is 13.8 Å². The Bertz CT molecular complexity index is 517. The average molecular weight is 242 g/mol. The molecule has 1 N–H and O–H groups in total. The van der Waals surface area contributed by atoms with Crippen LogP contribution >= 0.6 is 0 Å². The van der Waals surface area contributed by atoms with Gasteiger partial charge in [0.15, 0.2) is 0 Å². The van der Waals surface area contributed by atoms with E-state index >= 15 is 0 Å². The first-order valence-electron chi connectivity index (χ1n) is 5.07. The predicted octanol–water partition coefficient (Wildman–Crippen LogP) is 2.04. The Morgan fingerprint density at radius 2 is 2.06 bits per heavy atom. The van der Waals surface area contributed by atoms with Crippen molar-refractivity contribution in [2.24, 2.45) is 0 Å². The third kappa shape index (κ3) is 2.20. The zero-order valence-electron chi connectivity index (χ0n) is 9.23. The van der Waals surface area contributed by atoms with Crippen LogP contribution in [0.25, 0.3) is 0 Å². The predicted molar refractivity (Wildman–Crippen MR) is 59.3 cm³/mol. The molecule has 1 aromatic rings. The Morgan fingerprint density at radius 3 is 2.69 bits per heavy atom. The molecular formula is C11H14O4S. The van der Waals surface area contributed by atoms with E-state index in [-0.39, 0.29) is 10.5 Å². The van der Waals surface area contributed by atoms with Gasteiger partial charge in [-0.1, -0.05) is 0 Å². The van der Waals surface area contributed by atoms with Crippen molar-refractivity contribution in [1.29, 1.82) is 0 Å². The van der Waals surface area contributed by atoms with Gasteiger partial charge in [-0.25, -0.2) is 0 Å². The lowest BCUT2D eigenvalue weighted by molar-refractivity contribution is 0.0845. The van der Waals surface area contributed by atoms with E-state index in [1.54, 1.807) is 6.07 Å². The fraction of sp³-hybridized carbons (Fsp3) is 0.455. The quantitative estimate of drug-likeness (QED) is 0.765. The Kier molecular flexibility index (Phi) is 2.47. The van der Waals surface area contributed by atoms with Gasteiger partial charge in [-0.2, -0.15) is 8.42 Å². The Balaban J connectivity index is 2.43. The number of fused-ring (bicyclic) bond motifs is 1. The number of hydrogen-bond donors (Lipinski definition) is 1. The Morgan fingerprint density at radius 1 is 1.38 bits per heavy atom. The summed E-state index contributed by atoms with van der Waals surface area (Å²) in [5.41, 5.74) is 0.613. The maximum Gasteiger partial charge on any atom is 0.294 e. The number of ether oxygens (including phenoxy) is 1. The Labute approximate surface area is 95.0 Å². The summed E-state index contributed by atoms with van der Waals surface area (Å²) in [6.07, 6.45) is 1.58. The maximum absolute atomic E-state index is 11.0. The van der Waals surface area contributed by atoms with Gasteiger partial charge in [0.1, 0.15) is 11.4 Å². The van der Waals surface area contributed by atoms with Crippen molar-refractivity contribution >= 4 is 10.1 Å². The van der Waals surface area contributed by atoms with Crippen LogP contribution in [-0.4, -0.2) is 18.6 Å². The van der Waals surface area contributed by atoms with Gasteiger partial charge in [0.05, 0.1) is 4.90 Å². The zero-order valence-corrected chi connectivity index (χ0v) is 10.0. The van der Waals surface area contributed by atoms with Gasteiger partial charge in [0.2, 0.25) is 0 Å². The van der Waals surface area contributed by atoms with Crippen LogP contribution < -0.4 is 4.74 Å². The van der Waals surface area contributed by atoms with Crippen molar-refractivity contribution < 1.29 is 17.7 Å². The van der Waals surface area contributed by atoms with Crippen LogP contribution in [0, 0.1) is 0 Å². The summed E-state index contributed by atoms with van der Waals surface area (Å²) in [5.74, 6) is 0.698. The smallest absolute Gasteiger partial charge is 0.294 e. The van der Waals surface area contributed by atoms with Gasteiger partial charge in [-0.05, 0) is 50.5 Å². The maximum atomic E-state index is 11.0. The van der Waals surface area contributed by atoms with E-state index in [0.717, 1.165) is 18.4 Å². The highest BCUT2D eigenvalue weighted by molar-refractivity contribution is 7.85. The molecule has 0 saturated carbocycles. The standard InChI is InChI=1S/C11H14O4S/c1-11(2)6-5-8-7-9(16(12,13)14)3-4-10(8)15-11/h3-4,7H,5-6H2,1-2H3,(H,12,13,14). The van der Waals surface area contributed by atoms with Gasteiger partial charge in [-0.15, -0.1) is 0 Å². The number of hydrogen-bond acceptors (Lipinski definition) is 3. The van der Waals surface area contributed by atoms with Crippen LogP contribution in [0.2, 0.25) is 0 Å². The zero-order chi connectivity index (χ0) is 12.0. The molecule has 2 rings (SSSR count). The molecule has 0 amide bonds. The molecule has 4 nitrogen and oxygen atoms in total. The van der Waals surface area contributed by atoms with Crippen molar-refractivity contribution in [3.05, 3.63) is 23.8 Å². The summed E-state index contributed by atoms with van der Waals surface area (Å²) < 4.78 is 36.6. The Hall–Kier alpha value is -1.07. The number of aryl methyl sites for hydroxylation is 1. The summed E-state index contributed by atoms with van der Waals surface area (Å²) >= 11 is 0. The van der Waals surface area contributed by atoms with E-state index < -0.39 is 10.1 Å². The molecule has 0 aliphatic carbocycles. The molecule has 0 unspecified atom stereocenters. The lowest BCUT2D eigenvalue weighted by Crippen LogP contribution is -2.32. The number of benzene rings is 1. The molecule has 0 spiro atoms. The molecule has 1 aliphatic heterocycles. The van der Waals surface area contributed by atoms with Crippen LogP contribution in [-0.2, 0) is 16.5 Å². The first-order valence-corrected chi connectivity index (χ1v) is 6.51. The summed E-state index contributed by atoms with van der Waals surface area (Å²) in [4.78, 5) is -0.0745. The van der Waals surface area contributed by atoms with Crippen molar-refractivity contribution in [2.45, 2.75) is 37.2 Å². The minimum absolute atomic E-state index is 0.0745. The molecule has 16 heavy (non-hydrogen) atoms. The fourth-order valence-corrected chi connectivity index (χ4v) is 2.33. The monoisotopic (exact) mass is 242 g/mol. The molecule has 5 heteroatoms. The van der Waals surface area contributed by atoms with Gasteiger partial charge in [0, 0.05) is 0 Å². The second-order valence-electron chi connectivity index (χ2n) is 4.61. The van der Waals surface area contributed by atoms with Gasteiger partial charge in [-0.3, -0.25) is 4.55 Å². The third-order valence-corrected chi connectivity index (χ3v) is 3.56. The molecule has 0 bridgehead atoms. The second-order valence-corrected chi connectivity index (χ2v) is 6.03. The highest BCUT2D eigenvalue weighted by Crippen LogP contribution is 2.34. The van der Waals surface area contributed by atoms with Gasteiger partial charge < -0.3 is 4.74 Å². The summed E-state index contributed by atoms with van der Waals surface area (Å²) in [7, 11) is -4.12. The topological polar surface area (TPSA) is 63.6 Å². The van der Waals surface area contributed by atoms with E-state index in [9.17, 15) is 8.42 Å². The molecule has 0 saturated heterocycles. The molecule has 88 valence electrons. The second kappa shape index (κ2) is 3.46. The minimum atomic E-state index is -4.12. The molecule has 0 atom stereocenters. The lowest BCUT2D eigenvalue weighted by Gasteiger charge is -2.32. The molecule has 0 aromatic heterocycles. The molecule has 0 fully saturated rings. The molecule has 0 radical (unpaired) electrons. The van der Waals surface area contributed by atoms with E-state index in [2.05, 4.69) is 0 Å². The first kappa shape index (κ1) is 11.4. The van der Waals surface area contributed by atoms with Crippen molar-refractivity contribution in [3.63, 3.8) is 0 Å². The van der Waals surface area contributed by atoms with Gasteiger partial charge in [0.25, 0.3) is 10.1 Å². The minimum Gasteiger partial charge on any atom is -0.488 e. The highest BCUT2D eigenvalue weighted by atomic mass is 32.2. The lowest BCUT2D eigenvalue weighted by atomic mass is 9.94. The van der Waals surface area contributed by atoms with Crippen molar-refractivity contribution in [2.75, 3.05) is 0 Å². The summed E-state index contributed by atoms with van der Waals surface area (Å²) in [6, 6.07) is 4.43. The fourth-order valence-electron chi connectivity index (χ4n) is 1.80. The molecular weight excluding hydrogens is 228 g/mol. The summed E-state index contributed by atoms with van der Waals surface area (Å²) in [6.45, 7) is 3.99. The molecule has 1 aliphatic rings.